The number of nitrogens with zero attached hydrogens (tertiary/aromatic N) is 1. The Morgan fingerprint density at radius 2 is 2.05 bits per heavy atom. The minimum absolute atomic E-state index is 0.102. The van der Waals surface area contributed by atoms with Crippen LogP contribution in [0.5, 0.6) is 11.5 Å². The van der Waals surface area contributed by atoms with E-state index < -0.39 is 0 Å². The maximum Gasteiger partial charge on any atom is 0.203 e. The summed E-state index contributed by atoms with van der Waals surface area (Å²) < 4.78 is 10.6. The Hall–Kier alpha value is -2.80. The molecule has 106 valence electrons. The van der Waals surface area contributed by atoms with Crippen LogP contribution >= 0.6 is 0 Å². The van der Waals surface area contributed by atoms with Crippen molar-refractivity contribution in [1.82, 2.24) is 0 Å². The number of hydrogen-bond acceptors (Lipinski definition) is 4. The summed E-state index contributed by atoms with van der Waals surface area (Å²) in [6, 6.07) is 14.1. The summed E-state index contributed by atoms with van der Waals surface area (Å²) in [7, 11) is 1.53. The van der Waals surface area contributed by atoms with Crippen LogP contribution in [0.1, 0.15) is 21.5 Å². The Morgan fingerprint density at radius 3 is 2.76 bits per heavy atom. The minimum Gasteiger partial charge on any atom is -0.496 e. The Morgan fingerprint density at radius 1 is 1.24 bits per heavy atom. The molecule has 0 amide bonds. The fourth-order valence-corrected chi connectivity index (χ4v) is 1.92. The van der Waals surface area contributed by atoms with Crippen molar-refractivity contribution in [3.8, 4) is 17.6 Å². The van der Waals surface area contributed by atoms with Crippen molar-refractivity contribution in [2.24, 2.45) is 0 Å². The lowest BCUT2D eigenvalue weighted by Gasteiger charge is -2.10. The van der Waals surface area contributed by atoms with Gasteiger partial charge in [-0.05, 0) is 37.3 Å². The van der Waals surface area contributed by atoms with E-state index in [1.54, 1.807) is 36.4 Å². The van der Waals surface area contributed by atoms with E-state index in [1.807, 2.05) is 19.1 Å². The molecule has 21 heavy (non-hydrogen) atoms. The Labute approximate surface area is 123 Å². The fourth-order valence-electron chi connectivity index (χ4n) is 1.92. The summed E-state index contributed by atoms with van der Waals surface area (Å²) in [6.45, 7) is 1.81. The largest absolute Gasteiger partial charge is 0.496 e. The molecule has 4 nitrogen and oxygen atoms in total. The van der Waals surface area contributed by atoms with Crippen molar-refractivity contribution >= 4 is 5.78 Å². The standard InChI is InChI=1S/C17H15NO3/c1-12-6-7-17(20-2)15(8-12)16(19)11-21-14-5-3-4-13(9-14)10-18/h3-9H,11H2,1-2H3. The monoisotopic (exact) mass is 281 g/mol. The minimum atomic E-state index is -0.169. The third-order valence-corrected chi connectivity index (χ3v) is 2.99. The fraction of sp³-hybridized carbons (Fsp3) is 0.176. The van der Waals surface area contributed by atoms with Crippen molar-refractivity contribution in [2.45, 2.75) is 6.92 Å². The zero-order chi connectivity index (χ0) is 15.2. The lowest BCUT2D eigenvalue weighted by atomic mass is 10.1. The van der Waals surface area contributed by atoms with Crippen LogP contribution in [0, 0.1) is 18.3 Å². The number of ether oxygens (including phenoxy) is 2. The maximum absolute atomic E-state index is 12.2. The molecule has 0 aliphatic carbocycles. The van der Waals surface area contributed by atoms with Gasteiger partial charge in [-0.1, -0.05) is 17.7 Å². The second-order valence-electron chi connectivity index (χ2n) is 4.56. The van der Waals surface area contributed by atoms with E-state index in [1.165, 1.54) is 7.11 Å². The molecule has 0 fully saturated rings. The number of hydrogen-bond donors (Lipinski definition) is 0. The van der Waals surface area contributed by atoms with Crippen LogP contribution in [0.15, 0.2) is 42.5 Å². The molecular formula is C17H15NO3. The van der Waals surface area contributed by atoms with Gasteiger partial charge in [-0.25, -0.2) is 0 Å². The highest BCUT2D eigenvalue weighted by atomic mass is 16.5. The quantitative estimate of drug-likeness (QED) is 0.790. The number of benzene rings is 2. The number of carbonyl (C=O) groups is 1. The summed E-state index contributed by atoms with van der Waals surface area (Å²) in [6.07, 6.45) is 0. The highest BCUT2D eigenvalue weighted by molar-refractivity contribution is 6.00. The van der Waals surface area contributed by atoms with Gasteiger partial charge in [-0.15, -0.1) is 0 Å². The van der Waals surface area contributed by atoms with Crippen LogP contribution in [0.2, 0.25) is 0 Å². The Bertz CT molecular complexity index is 701. The number of rotatable bonds is 5. The third kappa shape index (κ3) is 3.61. The molecule has 0 aliphatic heterocycles. The van der Waals surface area contributed by atoms with Gasteiger partial charge in [0, 0.05) is 0 Å². The lowest BCUT2D eigenvalue weighted by Crippen LogP contribution is -2.13. The molecule has 0 N–H and O–H groups in total. The summed E-state index contributed by atoms with van der Waals surface area (Å²) in [4.78, 5) is 12.2. The van der Waals surface area contributed by atoms with E-state index in [0.29, 0.717) is 22.6 Å². The molecule has 0 atom stereocenters. The van der Waals surface area contributed by atoms with E-state index in [4.69, 9.17) is 14.7 Å². The first-order valence-corrected chi connectivity index (χ1v) is 6.45. The van der Waals surface area contributed by atoms with Crippen LogP contribution in [-0.4, -0.2) is 19.5 Å². The van der Waals surface area contributed by atoms with E-state index in [2.05, 4.69) is 0 Å². The van der Waals surface area contributed by atoms with E-state index >= 15 is 0 Å². The molecule has 0 radical (unpaired) electrons. The van der Waals surface area contributed by atoms with Crippen LogP contribution < -0.4 is 9.47 Å². The third-order valence-electron chi connectivity index (χ3n) is 2.99. The summed E-state index contributed by atoms with van der Waals surface area (Å²) >= 11 is 0. The molecule has 2 aromatic rings. The molecule has 0 aromatic heterocycles. The molecule has 0 aliphatic rings. The number of carbonyl (C=O) groups excluding carboxylic acids is 1. The normalized spacial score (nSPS) is 9.76. The van der Waals surface area contributed by atoms with Crippen LogP contribution in [0.4, 0.5) is 0 Å². The van der Waals surface area contributed by atoms with Crippen molar-refractivity contribution in [1.29, 1.82) is 5.26 Å². The topological polar surface area (TPSA) is 59.3 Å². The van der Waals surface area contributed by atoms with Gasteiger partial charge in [0.1, 0.15) is 11.5 Å². The van der Waals surface area contributed by atoms with Gasteiger partial charge in [0.25, 0.3) is 0 Å². The predicted molar refractivity (Wildman–Crippen MR) is 78.7 cm³/mol. The summed E-state index contributed by atoms with van der Waals surface area (Å²) in [5.74, 6) is 0.854. The molecule has 2 rings (SSSR count). The number of nitriles is 1. The van der Waals surface area contributed by atoms with Gasteiger partial charge in [0.05, 0.1) is 24.3 Å². The van der Waals surface area contributed by atoms with E-state index in [9.17, 15) is 4.79 Å². The molecule has 2 aromatic carbocycles. The summed E-state index contributed by atoms with van der Waals surface area (Å²) in [5.41, 5.74) is 1.97. The molecule has 0 bridgehead atoms. The predicted octanol–water partition coefficient (Wildman–Crippen LogP) is 3.14. The molecule has 0 spiro atoms. The number of methoxy groups -OCH3 is 1. The van der Waals surface area contributed by atoms with Crippen molar-refractivity contribution < 1.29 is 14.3 Å². The van der Waals surface area contributed by atoms with Crippen LogP contribution in [-0.2, 0) is 0 Å². The Kier molecular flexibility index (Phi) is 4.57. The van der Waals surface area contributed by atoms with Gasteiger partial charge < -0.3 is 9.47 Å². The molecule has 0 saturated heterocycles. The van der Waals surface area contributed by atoms with Crippen molar-refractivity contribution in [3.05, 3.63) is 59.2 Å². The SMILES string of the molecule is COc1ccc(C)cc1C(=O)COc1cccc(C#N)c1. The second kappa shape index (κ2) is 6.58. The summed E-state index contributed by atoms with van der Waals surface area (Å²) in [5, 5.41) is 8.83. The number of Topliss-reactive ketones (excluding diaryl/α,β-unsaturated/α-hetero) is 1. The van der Waals surface area contributed by atoms with Crippen molar-refractivity contribution in [3.63, 3.8) is 0 Å². The smallest absolute Gasteiger partial charge is 0.203 e. The number of ketones is 1. The van der Waals surface area contributed by atoms with Crippen LogP contribution in [0.25, 0.3) is 0 Å². The molecular weight excluding hydrogens is 266 g/mol. The average Bonchev–Trinajstić information content (AvgIpc) is 2.52. The molecule has 4 heteroatoms. The first-order valence-electron chi connectivity index (χ1n) is 6.45. The van der Waals surface area contributed by atoms with Gasteiger partial charge in [0.15, 0.2) is 6.61 Å². The second-order valence-corrected chi connectivity index (χ2v) is 4.56. The van der Waals surface area contributed by atoms with E-state index in [0.717, 1.165) is 5.56 Å². The molecule has 0 heterocycles. The number of aryl methyl sites for hydroxylation is 1. The van der Waals surface area contributed by atoms with Gasteiger partial charge >= 0.3 is 0 Å². The first kappa shape index (κ1) is 14.6. The highest BCUT2D eigenvalue weighted by Crippen LogP contribution is 2.21. The lowest BCUT2D eigenvalue weighted by molar-refractivity contribution is 0.0918. The maximum atomic E-state index is 12.2. The molecule has 0 unspecified atom stereocenters. The highest BCUT2D eigenvalue weighted by Gasteiger charge is 2.13. The zero-order valence-corrected chi connectivity index (χ0v) is 11.9. The van der Waals surface area contributed by atoms with Gasteiger partial charge in [-0.3, -0.25) is 4.79 Å². The molecule has 0 saturated carbocycles. The van der Waals surface area contributed by atoms with Gasteiger partial charge in [-0.2, -0.15) is 5.26 Å². The zero-order valence-electron chi connectivity index (χ0n) is 11.9. The van der Waals surface area contributed by atoms with Gasteiger partial charge in [0.2, 0.25) is 5.78 Å². The van der Waals surface area contributed by atoms with E-state index in [-0.39, 0.29) is 12.4 Å². The first-order chi connectivity index (χ1) is 10.1. The Balaban J connectivity index is 2.11. The van der Waals surface area contributed by atoms with Crippen LogP contribution in [0.3, 0.4) is 0 Å². The van der Waals surface area contributed by atoms with Crippen molar-refractivity contribution in [2.75, 3.05) is 13.7 Å². The average molecular weight is 281 g/mol.